The maximum Gasteiger partial charge on any atom is 0.109 e. The monoisotopic (exact) mass is 325 g/mol. The molecule has 1 aliphatic rings. The van der Waals surface area contributed by atoms with Crippen molar-refractivity contribution >= 4 is 12.4 Å². The van der Waals surface area contributed by atoms with Crippen LogP contribution in [-0.4, -0.2) is 57.4 Å². The number of unbranched alkanes of at least 4 members (excludes halogenated alkanes) is 6. The number of β-amino-alcohol motifs (C(OH)–C–C–N with tert-alkyl or cyclic N) is 1. The van der Waals surface area contributed by atoms with E-state index in [0.717, 1.165) is 12.8 Å². The minimum Gasteiger partial charge on any atom is -0.394 e. The first-order valence-electron chi connectivity index (χ1n) is 7.97. The van der Waals surface area contributed by atoms with Crippen molar-refractivity contribution in [2.24, 2.45) is 0 Å². The Hall–Kier alpha value is 0.0900. The predicted octanol–water partition coefficient (Wildman–Crippen LogP) is 0.966. The lowest BCUT2D eigenvalue weighted by Crippen LogP contribution is -2.69. The number of piperidine rings is 1. The zero-order valence-electron chi connectivity index (χ0n) is 13.0. The van der Waals surface area contributed by atoms with Gasteiger partial charge in [0.15, 0.2) is 0 Å². The van der Waals surface area contributed by atoms with Crippen LogP contribution in [-0.2, 0) is 0 Å². The Bertz CT molecular complexity index is 270. The van der Waals surface area contributed by atoms with Crippen LogP contribution < -0.4 is 5.32 Å². The molecule has 0 amide bonds. The molecule has 0 aromatic heterocycles. The largest absolute Gasteiger partial charge is 0.394 e. The third kappa shape index (κ3) is 6.00. The summed E-state index contributed by atoms with van der Waals surface area (Å²) in [5.41, 5.74) is -0.873. The van der Waals surface area contributed by atoms with Gasteiger partial charge in [-0.05, 0) is 6.42 Å². The molecule has 4 atom stereocenters. The van der Waals surface area contributed by atoms with Crippen LogP contribution in [0.1, 0.15) is 58.3 Å². The van der Waals surface area contributed by atoms with E-state index in [1.165, 1.54) is 32.1 Å². The molecule has 5 N–H and O–H groups in total. The Labute approximate surface area is 134 Å². The van der Waals surface area contributed by atoms with Gasteiger partial charge < -0.3 is 25.7 Å². The van der Waals surface area contributed by atoms with Gasteiger partial charge in [-0.2, -0.15) is 0 Å². The molecular formula is C15H32ClNO4. The number of nitrogens with one attached hydrogen (secondary N) is 1. The average Bonchev–Trinajstić information content (AvgIpc) is 2.46. The lowest BCUT2D eigenvalue weighted by molar-refractivity contribution is -0.135. The van der Waals surface area contributed by atoms with E-state index in [-0.39, 0.29) is 25.6 Å². The molecule has 1 saturated heterocycles. The van der Waals surface area contributed by atoms with Crippen LogP contribution in [0.15, 0.2) is 0 Å². The van der Waals surface area contributed by atoms with Crippen molar-refractivity contribution in [2.75, 3.05) is 13.2 Å². The standard InChI is InChI=1S/C15H31NO4.ClH/c1-2-3-4-5-6-7-8-9-15(11-17)14(20)13(19)12(18)10-16-15;/h12-14,16-20H,2-11H2,1H3;1H/t12-,13+,14-,15+;/m0./s1. The number of aliphatic hydroxyl groups excluding tert-OH is 4. The zero-order chi connectivity index (χ0) is 15.0. The van der Waals surface area contributed by atoms with Gasteiger partial charge in [-0.25, -0.2) is 0 Å². The van der Waals surface area contributed by atoms with Crippen molar-refractivity contribution in [3.8, 4) is 0 Å². The van der Waals surface area contributed by atoms with E-state index in [9.17, 15) is 20.4 Å². The Kier molecular flexibility index (Phi) is 10.8. The van der Waals surface area contributed by atoms with Crippen molar-refractivity contribution in [1.29, 1.82) is 0 Å². The van der Waals surface area contributed by atoms with Gasteiger partial charge in [0.05, 0.1) is 18.2 Å². The van der Waals surface area contributed by atoms with Crippen molar-refractivity contribution in [2.45, 2.75) is 82.1 Å². The van der Waals surface area contributed by atoms with E-state index in [2.05, 4.69) is 12.2 Å². The summed E-state index contributed by atoms with van der Waals surface area (Å²) < 4.78 is 0. The predicted molar refractivity (Wildman–Crippen MR) is 85.7 cm³/mol. The second kappa shape index (κ2) is 10.8. The molecule has 21 heavy (non-hydrogen) atoms. The number of hydrogen-bond donors (Lipinski definition) is 5. The smallest absolute Gasteiger partial charge is 0.109 e. The third-order valence-corrected chi connectivity index (χ3v) is 4.46. The molecule has 0 aliphatic carbocycles. The maximum atomic E-state index is 10.1. The van der Waals surface area contributed by atoms with Crippen molar-refractivity contribution in [3.05, 3.63) is 0 Å². The fraction of sp³-hybridized carbons (Fsp3) is 1.00. The van der Waals surface area contributed by atoms with E-state index in [0.29, 0.717) is 6.42 Å². The highest BCUT2D eigenvalue weighted by Crippen LogP contribution is 2.26. The Morgan fingerprint density at radius 2 is 1.57 bits per heavy atom. The van der Waals surface area contributed by atoms with Crippen LogP contribution in [0, 0.1) is 0 Å². The molecule has 1 heterocycles. The van der Waals surface area contributed by atoms with Gasteiger partial charge in [0.25, 0.3) is 0 Å². The molecule has 128 valence electrons. The molecule has 1 rings (SSSR count). The lowest BCUT2D eigenvalue weighted by Gasteiger charge is -2.45. The summed E-state index contributed by atoms with van der Waals surface area (Å²) in [6, 6.07) is 0. The van der Waals surface area contributed by atoms with Gasteiger partial charge in [0, 0.05) is 6.54 Å². The zero-order valence-corrected chi connectivity index (χ0v) is 13.8. The average molecular weight is 326 g/mol. The first-order chi connectivity index (χ1) is 9.57. The molecule has 0 saturated carbocycles. The Morgan fingerprint density at radius 3 is 2.14 bits per heavy atom. The quantitative estimate of drug-likeness (QED) is 0.407. The second-order valence-corrected chi connectivity index (χ2v) is 6.07. The van der Waals surface area contributed by atoms with E-state index < -0.39 is 23.9 Å². The molecule has 0 radical (unpaired) electrons. The summed E-state index contributed by atoms with van der Waals surface area (Å²) in [5, 5.41) is 42.0. The van der Waals surface area contributed by atoms with Crippen LogP contribution in [0.25, 0.3) is 0 Å². The van der Waals surface area contributed by atoms with Crippen LogP contribution in [0.4, 0.5) is 0 Å². The molecular weight excluding hydrogens is 294 g/mol. The van der Waals surface area contributed by atoms with Crippen molar-refractivity contribution in [3.63, 3.8) is 0 Å². The van der Waals surface area contributed by atoms with E-state index in [1.807, 2.05) is 0 Å². The van der Waals surface area contributed by atoms with Crippen molar-refractivity contribution < 1.29 is 20.4 Å². The highest BCUT2D eigenvalue weighted by molar-refractivity contribution is 5.85. The number of aliphatic hydroxyl groups is 4. The van der Waals surface area contributed by atoms with E-state index in [1.54, 1.807) is 0 Å². The molecule has 0 spiro atoms. The first kappa shape index (κ1) is 21.1. The second-order valence-electron chi connectivity index (χ2n) is 6.07. The van der Waals surface area contributed by atoms with E-state index in [4.69, 9.17) is 0 Å². The molecule has 0 aromatic carbocycles. The summed E-state index contributed by atoms with van der Waals surface area (Å²) in [4.78, 5) is 0. The minimum atomic E-state index is -1.19. The van der Waals surface area contributed by atoms with Crippen molar-refractivity contribution in [1.82, 2.24) is 5.32 Å². The SMILES string of the molecule is CCCCCCCCC[C@]1(CO)NC[C@H](O)[C@@H](O)[C@@H]1O.Cl. The maximum absolute atomic E-state index is 10.1. The van der Waals surface area contributed by atoms with Gasteiger partial charge >= 0.3 is 0 Å². The van der Waals surface area contributed by atoms with E-state index >= 15 is 0 Å². The highest BCUT2D eigenvalue weighted by atomic mass is 35.5. The summed E-state index contributed by atoms with van der Waals surface area (Å²) in [6.07, 6.45) is 5.49. The topological polar surface area (TPSA) is 93.0 Å². The summed E-state index contributed by atoms with van der Waals surface area (Å²) in [5.74, 6) is 0. The van der Waals surface area contributed by atoms with Crippen LogP contribution >= 0.6 is 12.4 Å². The number of hydrogen-bond acceptors (Lipinski definition) is 5. The first-order valence-corrected chi connectivity index (χ1v) is 7.97. The van der Waals surface area contributed by atoms with Gasteiger partial charge in [-0.3, -0.25) is 0 Å². The van der Waals surface area contributed by atoms with Crippen LogP contribution in [0.5, 0.6) is 0 Å². The number of rotatable bonds is 9. The summed E-state index contributed by atoms with van der Waals surface area (Å²) in [6.45, 7) is 2.17. The van der Waals surface area contributed by atoms with Crippen LogP contribution in [0.3, 0.4) is 0 Å². The molecule has 0 aromatic rings. The van der Waals surface area contributed by atoms with Gasteiger partial charge in [-0.15, -0.1) is 12.4 Å². The van der Waals surface area contributed by atoms with Gasteiger partial charge in [0.1, 0.15) is 12.2 Å². The fourth-order valence-electron chi connectivity index (χ4n) is 2.93. The molecule has 0 unspecified atom stereocenters. The van der Waals surface area contributed by atoms with Gasteiger partial charge in [-0.1, -0.05) is 51.9 Å². The summed E-state index contributed by atoms with van der Waals surface area (Å²) in [7, 11) is 0. The van der Waals surface area contributed by atoms with Crippen LogP contribution in [0.2, 0.25) is 0 Å². The summed E-state index contributed by atoms with van der Waals surface area (Å²) >= 11 is 0. The lowest BCUT2D eigenvalue weighted by atomic mass is 9.79. The molecule has 5 nitrogen and oxygen atoms in total. The Morgan fingerprint density at radius 1 is 1.00 bits per heavy atom. The molecule has 0 bridgehead atoms. The minimum absolute atomic E-state index is 0. The normalized spacial score (nSPS) is 32.7. The Balaban J connectivity index is 0.00000400. The fourth-order valence-corrected chi connectivity index (χ4v) is 2.93. The highest BCUT2D eigenvalue weighted by Gasteiger charge is 2.46. The molecule has 1 aliphatic heterocycles. The third-order valence-electron chi connectivity index (χ3n) is 4.46. The number of halogens is 1. The molecule has 1 fully saturated rings. The molecule has 6 heteroatoms. The van der Waals surface area contributed by atoms with Gasteiger partial charge in [0.2, 0.25) is 0 Å².